The highest BCUT2D eigenvalue weighted by atomic mass is 16.3. The lowest BCUT2D eigenvalue weighted by Gasteiger charge is -2.16. The molecule has 1 aromatic rings. The minimum atomic E-state index is -0.184. The van der Waals surface area contributed by atoms with Crippen molar-refractivity contribution in [3.63, 3.8) is 0 Å². The van der Waals surface area contributed by atoms with E-state index in [9.17, 15) is 5.11 Å². The van der Waals surface area contributed by atoms with E-state index >= 15 is 0 Å². The molecular weight excluding hydrogens is 202 g/mol. The van der Waals surface area contributed by atoms with E-state index in [0.717, 1.165) is 31.4 Å². The molecule has 2 rings (SSSR count). The molecule has 0 bridgehead atoms. The average Bonchev–Trinajstić information content (AvgIpc) is 2.73. The molecule has 0 aliphatic heterocycles. The highest BCUT2D eigenvalue weighted by Gasteiger charge is 2.24. The lowest BCUT2D eigenvalue weighted by molar-refractivity contribution is 0.148. The summed E-state index contributed by atoms with van der Waals surface area (Å²) in [5, 5.41) is 21.9. The van der Waals surface area contributed by atoms with Gasteiger partial charge in [0.15, 0.2) is 0 Å². The SMILES string of the molecule is OCc1ccc(CNC2CCCC2O)cc1. The number of nitrogens with one attached hydrogen (secondary N) is 1. The van der Waals surface area contributed by atoms with Crippen LogP contribution in [0.1, 0.15) is 30.4 Å². The third-order valence-electron chi connectivity index (χ3n) is 3.25. The molecule has 3 nitrogen and oxygen atoms in total. The van der Waals surface area contributed by atoms with Crippen molar-refractivity contribution in [2.45, 2.75) is 44.6 Å². The van der Waals surface area contributed by atoms with Crippen molar-refractivity contribution < 1.29 is 10.2 Å². The summed E-state index contributed by atoms with van der Waals surface area (Å²) in [5.74, 6) is 0. The molecule has 0 amide bonds. The van der Waals surface area contributed by atoms with E-state index in [1.54, 1.807) is 0 Å². The fourth-order valence-corrected chi connectivity index (χ4v) is 2.19. The second-order valence-corrected chi connectivity index (χ2v) is 4.46. The lowest BCUT2D eigenvalue weighted by Crippen LogP contribution is -2.34. The highest BCUT2D eigenvalue weighted by molar-refractivity contribution is 5.21. The standard InChI is InChI=1S/C13H19NO2/c15-9-11-6-4-10(5-7-11)8-14-12-2-1-3-13(12)16/h4-7,12-16H,1-3,8-9H2. The van der Waals surface area contributed by atoms with Gasteiger partial charge in [-0.25, -0.2) is 0 Å². The third kappa shape index (κ3) is 2.82. The number of hydrogen-bond donors (Lipinski definition) is 3. The van der Waals surface area contributed by atoms with Gasteiger partial charge in [-0.1, -0.05) is 24.3 Å². The maximum Gasteiger partial charge on any atom is 0.0693 e. The molecule has 88 valence electrons. The Labute approximate surface area is 96.1 Å². The van der Waals surface area contributed by atoms with Gasteiger partial charge in [0.1, 0.15) is 0 Å². The van der Waals surface area contributed by atoms with Crippen molar-refractivity contribution >= 4 is 0 Å². The molecule has 0 heterocycles. The first kappa shape index (κ1) is 11.6. The Morgan fingerprint density at radius 1 is 1.12 bits per heavy atom. The predicted octanol–water partition coefficient (Wildman–Crippen LogP) is 1.18. The molecule has 1 aliphatic carbocycles. The molecule has 0 radical (unpaired) electrons. The molecular formula is C13H19NO2. The second-order valence-electron chi connectivity index (χ2n) is 4.46. The van der Waals surface area contributed by atoms with Crippen molar-refractivity contribution in [2.75, 3.05) is 0 Å². The van der Waals surface area contributed by atoms with Gasteiger partial charge >= 0.3 is 0 Å². The van der Waals surface area contributed by atoms with Gasteiger partial charge in [0, 0.05) is 12.6 Å². The Bertz CT molecular complexity index is 323. The fraction of sp³-hybridized carbons (Fsp3) is 0.538. The van der Waals surface area contributed by atoms with Gasteiger partial charge < -0.3 is 15.5 Å². The molecule has 3 heteroatoms. The summed E-state index contributed by atoms with van der Waals surface area (Å²) in [5.41, 5.74) is 2.13. The molecule has 1 fully saturated rings. The van der Waals surface area contributed by atoms with Gasteiger partial charge in [-0.15, -0.1) is 0 Å². The van der Waals surface area contributed by atoms with Crippen molar-refractivity contribution in [1.82, 2.24) is 5.32 Å². The van der Waals surface area contributed by atoms with Gasteiger partial charge in [-0.3, -0.25) is 0 Å². The van der Waals surface area contributed by atoms with Crippen LogP contribution in [0.15, 0.2) is 24.3 Å². The monoisotopic (exact) mass is 221 g/mol. The van der Waals surface area contributed by atoms with Crippen LogP contribution in [0.4, 0.5) is 0 Å². The summed E-state index contributed by atoms with van der Waals surface area (Å²) in [6, 6.07) is 8.14. The van der Waals surface area contributed by atoms with Crippen molar-refractivity contribution in [1.29, 1.82) is 0 Å². The van der Waals surface area contributed by atoms with E-state index in [-0.39, 0.29) is 18.8 Å². The van der Waals surface area contributed by atoms with E-state index in [2.05, 4.69) is 5.32 Å². The molecule has 1 saturated carbocycles. The van der Waals surface area contributed by atoms with Gasteiger partial charge in [0.05, 0.1) is 12.7 Å². The number of benzene rings is 1. The Hall–Kier alpha value is -0.900. The quantitative estimate of drug-likeness (QED) is 0.715. The Kier molecular flexibility index (Phi) is 3.93. The Morgan fingerprint density at radius 3 is 2.38 bits per heavy atom. The normalized spacial score (nSPS) is 24.9. The van der Waals surface area contributed by atoms with Crippen LogP contribution < -0.4 is 5.32 Å². The average molecular weight is 221 g/mol. The minimum absolute atomic E-state index is 0.0923. The van der Waals surface area contributed by atoms with Crippen LogP contribution in [-0.2, 0) is 13.2 Å². The van der Waals surface area contributed by atoms with Gasteiger partial charge in [0.2, 0.25) is 0 Å². The summed E-state index contributed by atoms with van der Waals surface area (Å²) >= 11 is 0. The first-order valence-corrected chi connectivity index (χ1v) is 5.89. The zero-order valence-electron chi connectivity index (χ0n) is 9.39. The van der Waals surface area contributed by atoms with Gasteiger partial charge in [0.25, 0.3) is 0 Å². The minimum Gasteiger partial charge on any atom is -0.392 e. The zero-order valence-corrected chi connectivity index (χ0v) is 9.39. The van der Waals surface area contributed by atoms with Crippen LogP contribution in [0.2, 0.25) is 0 Å². The maximum atomic E-state index is 9.65. The Balaban J connectivity index is 1.84. The van der Waals surface area contributed by atoms with Crippen LogP contribution in [-0.4, -0.2) is 22.4 Å². The van der Waals surface area contributed by atoms with Crippen molar-refractivity contribution in [3.05, 3.63) is 35.4 Å². The van der Waals surface area contributed by atoms with E-state index in [1.165, 1.54) is 5.56 Å². The summed E-state index contributed by atoms with van der Waals surface area (Å²) < 4.78 is 0. The van der Waals surface area contributed by atoms with Crippen molar-refractivity contribution in [3.8, 4) is 0 Å². The molecule has 3 N–H and O–H groups in total. The third-order valence-corrected chi connectivity index (χ3v) is 3.25. The molecule has 0 saturated heterocycles. The van der Waals surface area contributed by atoms with Crippen LogP contribution in [0.25, 0.3) is 0 Å². The fourth-order valence-electron chi connectivity index (χ4n) is 2.19. The molecule has 0 aromatic heterocycles. The molecule has 2 unspecified atom stereocenters. The smallest absolute Gasteiger partial charge is 0.0693 e. The molecule has 1 aromatic carbocycles. The number of hydrogen-bond acceptors (Lipinski definition) is 3. The summed E-state index contributed by atoms with van der Waals surface area (Å²) in [7, 11) is 0. The second kappa shape index (κ2) is 5.43. The number of rotatable bonds is 4. The van der Waals surface area contributed by atoms with Gasteiger partial charge in [-0.05, 0) is 30.4 Å². The zero-order chi connectivity index (χ0) is 11.4. The molecule has 16 heavy (non-hydrogen) atoms. The van der Waals surface area contributed by atoms with Crippen LogP contribution >= 0.6 is 0 Å². The topological polar surface area (TPSA) is 52.5 Å². The first-order chi connectivity index (χ1) is 7.79. The maximum absolute atomic E-state index is 9.65. The largest absolute Gasteiger partial charge is 0.392 e. The predicted molar refractivity (Wildman–Crippen MR) is 62.9 cm³/mol. The van der Waals surface area contributed by atoms with E-state index < -0.39 is 0 Å². The van der Waals surface area contributed by atoms with Crippen LogP contribution in [0, 0.1) is 0 Å². The number of aliphatic hydroxyl groups is 2. The summed E-state index contributed by atoms with van der Waals surface area (Å²) in [6.45, 7) is 0.877. The van der Waals surface area contributed by atoms with Crippen molar-refractivity contribution in [2.24, 2.45) is 0 Å². The molecule has 2 atom stereocenters. The van der Waals surface area contributed by atoms with E-state index in [0.29, 0.717) is 0 Å². The summed E-state index contributed by atoms with van der Waals surface area (Å²) in [6.07, 6.45) is 2.91. The molecule has 1 aliphatic rings. The molecule has 0 spiro atoms. The highest BCUT2D eigenvalue weighted by Crippen LogP contribution is 2.19. The van der Waals surface area contributed by atoms with Crippen LogP contribution in [0.5, 0.6) is 0 Å². The Morgan fingerprint density at radius 2 is 1.81 bits per heavy atom. The lowest BCUT2D eigenvalue weighted by atomic mass is 10.1. The first-order valence-electron chi connectivity index (χ1n) is 5.89. The van der Waals surface area contributed by atoms with Gasteiger partial charge in [-0.2, -0.15) is 0 Å². The summed E-state index contributed by atoms with van der Waals surface area (Å²) in [4.78, 5) is 0. The van der Waals surface area contributed by atoms with Crippen LogP contribution in [0.3, 0.4) is 0 Å². The van der Waals surface area contributed by atoms with E-state index in [1.807, 2.05) is 24.3 Å². The van der Waals surface area contributed by atoms with E-state index in [4.69, 9.17) is 5.11 Å². The number of aliphatic hydroxyl groups excluding tert-OH is 2.